The lowest BCUT2D eigenvalue weighted by Gasteiger charge is -2.22. The predicted octanol–water partition coefficient (Wildman–Crippen LogP) is 3.11. The topological polar surface area (TPSA) is 239 Å². The largest absolute Gasteiger partial charge is 0.388 e. The summed E-state index contributed by atoms with van der Waals surface area (Å²) in [4.78, 5) is 31.5. The van der Waals surface area contributed by atoms with Crippen LogP contribution in [0.25, 0.3) is 22.6 Å². The molecule has 1 aliphatic heterocycles. The van der Waals surface area contributed by atoms with Gasteiger partial charge in [-0.05, 0) is 46.5 Å². The number of rotatable bonds is 12. The number of urea groups is 1. The first-order valence-electron chi connectivity index (χ1n) is 19.3. The second kappa shape index (κ2) is 15.9. The molecule has 19 nitrogen and oxygen atoms in total. The van der Waals surface area contributed by atoms with Crippen LogP contribution in [0.5, 0.6) is 0 Å². The van der Waals surface area contributed by atoms with Gasteiger partial charge in [-0.25, -0.2) is 9.78 Å². The lowest BCUT2D eigenvalue weighted by atomic mass is 9.91. The highest BCUT2D eigenvalue weighted by atomic mass is 16.3. The van der Waals surface area contributed by atoms with Gasteiger partial charge in [0.1, 0.15) is 18.2 Å². The van der Waals surface area contributed by atoms with E-state index >= 15 is 0 Å². The minimum Gasteiger partial charge on any atom is -0.388 e. The second-order valence-corrected chi connectivity index (χ2v) is 14.5. The summed E-state index contributed by atoms with van der Waals surface area (Å²) < 4.78 is 1.81. The number of hydrogen-bond acceptors (Lipinski definition) is 14. The van der Waals surface area contributed by atoms with Crippen molar-refractivity contribution in [3.8, 4) is 11.4 Å². The van der Waals surface area contributed by atoms with Crippen LogP contribution in [0.15, 0.2) is 91.3 Å². The fourth-order valence-corrected chi connectivity index (χ4v) is 7.87. The monoisotopic (exact) mass is 782 g/mol. The summed E-state index contributed by atoms with van der Waals surface area (Å²) in [5.41, 5.74) is 4.61. The van der Waals surface area contributed by atoms with Crippen molar-refractivity contribution in [2.24, 2.45) is 0 Å². The number of aromatic amines is 1. The number of imidazole rings is 1. The number of aliphatic hydroxyl groups is 2. The number of amides is 2. The van der Waals surface area contributed by atoms with Gasteiger partial charge in [-0.15, -0.1) is 20.4 Å². The van der Waals surface area contributed by atoms with E-state index < -0.39 is 24.3 Å². The Balaban J connectivity index is 0.993. The first-order chi connectivity index (χ1) is 28.4. The van der Waals surface area contributed by atoms with Crippen molar-refractivity contribution in [2.75, 3.05) is 35.2 Å². The predicted molar refractivity (Wildman–Crippen MR) is 213 cm³/mol. The fraction of sp³-hybridized carbons (Fsp3) is 0.333. The van der Waals surface area contributed by atoms with E-state index in [-0.39, 0.29) is 18.0 Å². The first kappa shape index (κ1) is 36.8. The zero-order valence-corrected chi connectivity index (χ0v) is 31.5. The van der Waals surface area contributed by atoms with Crippen molar-refractivity contribution in [2.45, 2.75) is 62.4 Å². The summed E-state index contributed by atoms with van der Waals surface area (Å²) in [6.07, 6.45) is 0.921. The Kier molecular flexibility index (Phi) is 10.1. The molecule has 0 bridgehead atoms. The number of aliphatic hydroxyl groups excluding tert-OH is 2. The third kappa shape index (κ3) is 7.39. The Hall–Kier alpha value is -6.86. The van der Waals surface area contributed by atoms with E-state index in [1.807, 2.05) is 64.9 Å². The van der Waals surface area contributed by atoms with Crippen molar-refractivity contribution >= 4 is 34.6 Å². The maximum atomic E-state index is 13.2. The summed E-state index contributed by atoms with van der Waals surface area (Å²) >= 11 is 0. The molecule has 1 saturated carbocycles. The lowest BCUT2D eigenvalue weighted by molar-refractivity contribution is 0.00473. The van der Waals surface area contributed by atoms with E-state index in [1.165, 1.54) is 4.80 Å². The molecule has 9 rings (SSSR count). The first-order valence-corrected chi connectivity index (χ1v) is 19.3. The molecule has 19 heteroatoms. The molecule has 1 saturated heterocycles. The van der Waals surface area contributed by atoms with E-state index in [0.717, 1.165) is 11.1 Å². The molecule has 2 aliphatic rings. The van der Waals surface area contributed by atoms with Gasteiger partial charge in [0.25, 0.3) is 0 Å². The number of carbonyl (C=O) groups is 1. The van der Waals surface area contributed by atoms with E-state index in [1.54, 1.807) is 18.5 Å². The molecular weight excluding hydrogens is 741 g/mol. The van der Waals surface area contributed by atoms with Crippen LogP contribution in [-0.2, 0) is 6.42 Å². The number of aryl methyl sites for hydroxylation is 1. The van der Waals surface area contributed by atoms with Gasteiger partial charge in [-0.3, -0.25) is 0 Å². The Labute approximate surface area is 331 Å². The number of aromatic nitrogens is 12. The average molecular weight is 783 g/mol. The summed E-state index contributed by atoms with van der Waals surface area (Å²) in [5, 5.41) is 59.0. The standard InChI is InChI=1S/C39H42N16O3/c1-2-31-46-52-55(49-31)30-19-29(33(56)34(30)57)54-22-41-32-36(40-20-28(23-10-5-3-6-11-23)24-12-7-4-8-13-24)44-38(45-37(32)54)53-17-16-27(21-53)43-39(58)42-26-15-9-14-25(18-26)35-47-50-51-48-35/h3-15,18,22,27-30,33-34,56-57H,2,16-17,19-21H2,1H3,(H,40,44,45)(H2,42,43,58)(H,47,48,50,51). The van der Waals surface area contributed by atoms with E-state index in [9.17, 15) is 15.0 Å². The molecule has 6 N–H and O–H groups in total. The third-order valence-corrected chi connectivity index (χ3v) is 10.9. The molecule has 3 aromatic carbocycles. The van der Waals surface area contributed by atoms with Crippen LogP contribution in [0.2, 0.25) is 0 Å². The van der Waals surface area contributed by atoms with Gasteiger partial charge < -0.3 is 35.6 Å². The summed E-state index contributed by atoms with van der Waals surface area (Å²) in [5.74, 6) is 1.96. The molecule has 2 amide bonds. The van der Waals surface area contributed by atoms with E-state index in [2.05, 4.69) is 76.3 Å². The molecule has 58 heavy (non-hydrogen) atoms. The maximum absolute atomic E-state index is 13.2. The van der Waals surface area contributed by atoms with E-state index in [4.69, 9.17) is 15.0 Å². The molecule has 4 aromatic heterocycles. The van der Waals surface area contributed by atoms with Crippen molar-refractivity contribution in [1.29, 1.82) is 0 Å². The summed E-state index contributed by atoms with van der Waals surface area (Å²) in [6, 6.07) is 26.1. The van der Waals surface area contributed by atoms with Crippen LogP contribution in [0.4, 0.5) is 22.2 Å². The summed E-state index contributed by atoms with van der Waals surface area (Å²) in [7, 11) is 0. The molecule has 5 atom stereocenters. The van der Waals surface area contributed by atoms with Crippen molar-refractivity contribution in [3.05, 3.63) is 108 Å². The van der Waals surface area contributed by atoms with Crippen molar-refractivity contribution in [3.63, 3.8) is 0 Å². The minimum atomic E-state index is -1.15. The van der Waals surface area contributed by atoms with Crippen LogP contribution in [0, 0.1) is 0 Å². The van der Waals surface area contributed by atoms with E-state index in [0.29, 0.717) is 84.7 Å². The number of hydrogen-bond donors (Lipinski definition) is 6. The van der Waals surface area contributed by atoms with Crippen molar-refractivity contribution < 1.29 is 15.0 Å². The number of nitrogens with one attached hydrogen (secondary N) is 4. The van der Waals surface area contributed by atoms with Crippen LogP contribution < -0.4 is 20.9 Å². The fourth-order valence-electron chi connectivity index (χ4n) is 7.87. The van der Waals surface area contributed by atoms with Gasteiger partial charge in [0.15, 0.2) is 22.8 Å². The number of H-pyrrole nitrogens is 1. The van der Waals surface area contributed by atoms with Crippen LogP contribution in [0.3, 0.4) is 0 Å². The van der Waals surface area contributed by atoms with Gasteiger partial charge in [0.05, 0.1) is 12.4 Å². The number of nitrogens with zero attached hydrogens (tertiary/aromatic N) is 12. The zero-order chi connectivity index (χ0) is 39.6. The highest BCUT2D eigenvalue weighted by Gasteiger charge is 2.45. The second-order valence-electron chi connectivity index (χ2n) is 14.5. The molecule has 1 aliphatic carbocycles. The quantitative estimate of drug-likeness (QED) is 0.105. The summed E-state index contributed by atoms with van der Waals surface area (Å²) in [6.45, 7) is 3.48. The van der Waals surface area contributed by atoms with Crippen LogP contribution in [0.1, 0.15) is 54.7 Å². The highest BCUT2D eigenvalue weighted by Crippen LogP contribution is 2.40. The molecule has 5 heterocycles. The van der Waals surface area contributed by atoms with Gasteiger partial charge in [-0.1, -0.05) is 79.7 Å². The lowest BCUT2D eigenvalue weighted by Crippen LogP contribution is -2.40. The van der Waals surface area contributed by atoms with Crippen LogP contribution in [-0.4, -0.2) is 114 Å². The highest BCUT2D eigenvalue weighted by molar-refractivity contribution is 5.90. The molecule has 7 aromatic rings. The molecule has 0 spiro atoms. The number of fused-ring (bicyclic) bond motifs is 1. The smallest absolute Gasteiger partial charge is 0.319 e. The van der Waals surface area contributed by atoms with Gasteiger partial charge >= 0.3 is 6.03 Å². The maximum Gasteiger partial charge on any atom is 0.319 e. The molecular formula is C39H42N16O3. The number of benzene rings is 3. The third-order valence-electron chi connectivity index (χ3n) is 10.9. The van der Waals surface area contributed by atoms with Gasteiger partial charge in [0, 0.05) is 49.3 Å². The normalized spacial score (nSPS) is 20.6. The molecule has 2 fully saturated rings. The molecule has 296 valence electrons. The van der Waals surface area contributed by atoms with Crippen LogP contribution >= 0.6 is 0 Å². The Morgan fingerprint density at radius 3 is 2.45 bits per heavy atom. The SMILES string of the molecule is CCc1nnn(C2CC(n3cnc4c(NCC(c5ccccc5)c5ccccc5)nc(N5CCC(NC(=O)Nc6cccc(-c7nn[nH]n7)c6)C5)nc43)C(O)C2O)n1. The molecule has 5 unspecified atom stereocenters. The van der Waals surface area contributed by atoms with Gasteiger partial charge in [0.2, 0.25) is 11.8 Å². The Morgan fingerprint density at radius 1 is 0.948 bits per heavy atom. The minimum absolute atomic E-state index is 0.000453. The zero-order valence-electron chi connectivity index (χ0n) is 31.5. The Morgan fingerprint density at radius 2 is 1.72 bits per heavy atom. The van der Waals surface area contributed by atoms with Gasteiger partial charge in [-0.2, -0.15) is 20.0 Å². The number of anilines is 3. The number of carbonyl (C=O) groups excluding carboxylic acids is 1. The molecule has 0 radical (unpaired) electrons. The number of tetrazole rings is 2. The van der Waals surface area contributed by atoms with Crippen molar-refractivity contribution in [1.82, 2.24) is 65.7 Å². The average Bonchev–Trinajstić information content (AvgIpc) is 4.11. The Bertz CT molecular complexity index is 2440.